The van der Waals surface area contributed by atoms with Crippen molar-refractivity contribution in [2.45, 2.75) is 20.3 Å². The minimum atomic E-state index is 0.518. The summed E-state index contributed by atoms with van der Waals surface area (Å²) in [6.45, 7) is 3.98. The molecular weight excluding hydrogens is 280 g/mol. The van der Waals surface area contributed by atoms with E-state index >= 15 is 0 Å². The van der Waals surface area contributed by atoms with E-state index in [0.29, 0.717) is 17.3 Å². The van der Waals surface area contributed by atoms with Gasteiger partial charge >= 0.3 is 0 Å². The molecule has 5 heteroatoms. The number of pyridine rings is 1. The highest BCUT2D eigenvalue weighted by Gasteiger charge is 2.12. The molecule has 2 heterocycles. The molecule has 17 heavy (non-hydrogen) atoms. The maximum atomic E-state index is 5.89. The molecule has 0 amide bonds. The van der Waals surface area contributed by atoms with Gasteiger partial charge in [-0.1, -0.05) is 6.92 Å². The predicted molar refractivity (Wildman–Crippen MR) is 71.5 cm³/mol. The third kappa shape index (κ3) is 2.29. The first-order valence-corrected chi connectivity index (χ1v) is 6.16. The molecule has 0 radical (unpaired) electrons. The molecule has 0 atom stereocenters. The Morgan fingerprint density at radius 2 is 2.12 bits per heavy atom. The molecule has 88 valence electrons. The zero-order valence-corrected chi connectivity index (χ0v) is 11.3. The van der Waals surface area contributed by atoms with Crippen LogP contribution in [0.15, 0.2) is 22.8 Å². The Balaban J connectivity index is 2.61. The van der Waals surface area contributed by atoms with Crippen molar-refractivity contribution in [3.8, 4) is 11.5 Å². The molecule has 0 aromatic carbocycles. The van der Waals surface area contributed by atoms with Crippen LogP contribution in [0.2, 0.25) is 0 Å². The number of nitrogens with zero attached hydrogens (tertiary/aromatic N) is 3. The Kier molecular flexibility index (Phi) is 3.38. The van der Waals surface area contributed by atoms with Gasteiger partial charge in [0.25, 0.3) is 0 Å². The first-order chi connectivity index (χ1) is 8.13. The van der Waals surface area contributed by atoms with E-state index in [0.717, 1.165) is 22.2 Å². The minimum absolute atomic E-state index is 0.518. The summed E-state index contributed by atoms with van der Waals surface area (Å²) in [5.41, 5.74) is 8.52. The van der Waals surface area contributed by atoms with Crippen molar-refractivity contribution in [2.75, 3.05) is 5.73 Å². The van der Waals surface area contributed by atoms with Crippen LogP contribution in [-0.4, -0.2) is 15.0 Å². The van der Waals surface area contributed by atoms with Crippen molar-refractivity contribution >= 4 is 21.7 Å². The average molecular weight is 293 g/mol. The van der Waals surface area contributed by atoms with Crippen molar-refractivity contribution in [1.82, 2.24) is 15.0 Å². The van der Waals surface area contributed by atoms with E-state index in [2.05, 4.69) is 30.9 Å². The van der Waals surface area contributed by atoms with Crippen molar-refractivity contribution in [1.29, 1.82) is 0 Å². The predicted octanol–water partition coefficient (Wildman–Crippen LogP) is 2.75. The Hall–Kier alpha value is -1.49. The third-order valence-electron chi connectivity index (χ3n) is 2.59. The van der Waals surface area contributed by atoms with Gasteiger partial charge in [-0.25, -0.2) is 9.97 Å². The van der Waals surface area contributed by atoms with Gasteiger partial charge in [0.1, 0.15) is 11.5 Å². The molecule has 2 aromatic heterocycles. The topological polar surface area (TPSA) is 64.7 Å². The molecule has 0 aliphatic rings. The molecule has 0 aliphatic carbocycles. The molecule has 0 unspecified atom stereocenters. The number of hydrogen-bond donors (Lipinski definition) is 1. The van der Waals surface area contributed by atoms with E-state index in [4.69, 9.17) is 5.73 Å². The second-order valence-corrected chi connectivity index (χ2v) is 4.55. The zero-order valence-electron chi connectivity index (χ0n) is 9.74. The summed E-state index contributed by atoms with van der Waals surface area (Å²) in [4.78, 5) is 13.1. The number of anilines is 1. The van der Waals surface area contributed by atoms with Gasteiger partial charge in [0, 0.05) is 21.9 Å². The number of aromatic nitrogens is 3. The van der Waals surface area contributed by atoms with Crippen LogP contribution >= 0.6 is 15.9 Å². The van der Waals surface area contributed by atoms with Crippen molar-refractivity contribution < 1.29 is 0 Å². The lowest BCUT2D eigenvalue weighted by Gasteiger charge is -2.08. The highest BCUT2D eigenvalue weighted by atomic mass is 79.9. The first-order valence-electron chi connectivity index (χ1n) is 5.37. The quantitative estimate of drug-likeness (QED) is 0.924. The van der Waals surface area contributed by atoms with Crippen LogP contribution in [0.3, 0.4) is 0 Å². The fraction of sp³-hybridized carbons (Fsp3) is 0.250. The smallest absolute Gasteiger partial charge is 0.181 e. The zero-order chi connectivity index (χ0) is 12.4. The molecule has 4 nitrogen and oxygen atoms in total. The second-order valence-electron chi connectivity index (χ2n) is 3.69. The summed E-state index contributed by atoms with van der Waals surface area (Å²) >= 11 is 3.44. The van der Waals surface area contributed by atoms with Gasteiger partial charge in [-0.05, 0) is 41.4 Å². The molecule has 0 spiro atoms. The number of hydrogen-bond acceptors (Lipinski definition) is 4. The van der Waals surface area contributed by atoms with Crippen LogP contribution in [-0.2, 0) is 6.42 Å². The minimum Gasteiger partial charge on any atom is -0.383 e. The normalized spacial score (nSPS) is 10.5. The van der Waals surface area contributed by atoms with Crippen molar-refractivity contribution in [3.05, 3.63) is 34.1 Å². The van der Waals surface area contributed by atoms with Crippen LogP contribution in [0.4, 0.5) is 5.82 Å². The summed E-state index contributed by atoms with van der Waals surface area (Å²) in [6, 6.07) is 3.76. The molecule has 2 N–H and O–H groups in total. The van der Waals surface area contributed by atoms with Gasteiger partial charge in [0.05, 0.1) is 0 Å². The highest BCUT2D eigenvalue weighted by molar-refractivity contribution is 9.10. The molecule has 2 aromatic rings. The van der Waals surface area contributed by atoms with E-state index in [-0.39, 0.29) is 0 Å². The van der Waals surface area contributed by atoms with E-state index in [9.17, 15) is 0 Å². The molecule has 0 saturated carbocycles. The maximum Gasteiger partial charge on any atom is 0.181 e. The highest BCUT2D eigenvalue weighted by Crippen LogP contribution is 2.25. The molecule has 0 aliphatic heterocycles. The Labute approximate surface area is 108 Å². The van der Waals surface area contributed by atoms with Gasteiger partial charge in [-0.15, -0.1) is 0 Å². The van der Waals surface area contributed by atoms with E-state index in [1.807, 2.05) is 26.0 Å². The number of nitrogens with two attached hydrogens (primary N) is 1. The summed E-state index contributed by atoms with van der Waals surface area (Å²) in [7, 11) is 0. The monoisotopic (exact) mass is 292 g/mol. The largest absolute Gasteiger partial charge is 0.383 e. The van der Waals surface area contributed by atoms with Crippen molar-refractivity contribution in [2.24, 2.45) is 0 Å². The number of aryl methyl sites for hydroxylation is 1. The molecular formula is C12H13BrN4. The van der Waals surface area contributed by atoms with Gasteiger partial charge in [0.2, 0.25) is 0 Å². The summed E-state index contributed by atoms with van der Waals surface area (Å²) < 4.78 is 0.866. The SMILES string of the molecule is CCc1nc(-c2ncccc2Br)nc(N)c1C. The third-order valence-corrected chi connectivity index (χ3v) is 3.23. The Morgan fingerprint density at radius 1 is 1.35 bits per heavy atom. The molecule has 2 rings (SSSR count). The summed E-state index contributed by atoms with van der Waals surface area (Å²) in [6.07, 6.45) is 2.54. The summed E-state index contributed by atoms with van der Waals surface area (Å²) in [5.74, 6) is 1.09. The Morgan fingerprint density at radius 3 is 2.76 bits per heavy atom. The van der Waals surface area contributed by atoms with E-state index in [1.54, 1.807) is 6.20 Å². The fourth-order valence-corrected chi connectivity index (χ4v) is 2.02. The van der Waals surface area contributed by atoms with E-state index in [1.165, 1.54) is 0 Å². The summed E-state index contributed by atoms with van der Waals surface area (Å²) in [5, 5.41) is 0. The van der Waals surface area contributed by atoms with E-state index < -0.39 is 0 Å². The van der Waals surface area contributed by atoms with Gasteiger partial charge in [-0.2, -0.15) is 0 Å². The van der Waals surface area contributed by atoms with Crippen LogP contribution in [0.1, 0.15) is 18.2 Å². The van der Waals surface area contributed by atoms with Gasteiger partial charge in [-0.3, -0.25) is 4.98 Å². The molecule has 0 bridgehead atoms. The lowest BCUT2D eigenvalue weighted by atomic mass is 10.2. The standard InChI is InChI=1S/C12H13BrN4/c1-3-9-7(2)11(14)17-12(16-9)10-8(13)5-4-6-15-10/h4-6H,3H2,1-2H3,(H2,14,16,17). The van der Waals surface area contributed by atoms with Gasteiger partial charge in [0.15, 0.2) is 5.82 Å². The number of halogens is 1. The first kappa shape index (κ1) is 12.0. The lowest BCUT2D eigenvalue weighted by molar-refractivity contribution is 0.975. The van der Waals surface area contributed by atoms with Crippen LogP contribution in [0.25, 0.3) is 11.5 Å². The second kappa shape index (κ2) is 4.79. The van der Waals surface area contributed by atoms with Gasteiger partial charge < -0.3 is 5.73 Å². The van der Waals surface area contributed by atoms with Crippen molar-refractivity contribution in [3.63, 3.8) is 0 Å². The molecule has 0 fully saturated rings. The number of nitrogen functional groups attached to an aromatic ring is 1. The fourth-order valence-electron chi connectivity index (χ4n) is 1.58. The van der Waals surface area contributed by atoms with Crippen LogP contribution < -0.4 is 5.73 Å². The number of rotatable bonds is 2. The van der Waals surface area contributed by atoms with Crippen LogP contribution in [0, 0.1) is 6.92 Å². The maximum absolute atomic E-state index is 5.89. The average Bonchev–Trinajstić information content (AvgIpc) is 2.33. The lowest BCUT2D eigenvalue weighted by Crippen LogP contribution is -2.05. The molecule has 0 saturated heterocycles. The van der Waals surface area contributed by atoms with Crippen LogP contribution in [0.5, 0.6) is 0 Å². The Bertz CT molecular complexity index is 554.